The van der Waals surface area contributed by atoms with Gasteiger partial charge in [-0.15, -0.1) is 6.42 Å². The lowest BCUT2D eigenvalue weighted by Gasteiger charge is -2.11. The van der Waals surface area contributed by atoms with Gasteiger partial charge in [-0.3, -0.25) is 9.69 Å². The molecule has 2 rings (SSSR count). The molecule has 1 aromatic carbocycles. The van der Waals surface area contributed by atoms with Crippen molar-refractivity contribution in [2.24, 2.45) is 4.99 Å². The monoisotopic (exact) mass is 270 g/mol. The highest BCUT2D eigenvalue weighted by molar-refractivity contribution is 6.13. The zero-order valence-corrected chi connectivity index (χ0v) is 11.3. The normalized spacial score (nSPS) is 16.2. The summed E-state index contributed by atoms with van der Waals surface area (Å²) in [5.41, 5.74) is 0.742. The Morgan fingerprint density at radius 2 is 2.30 bits per heavy atom. The van der Waals surface area contributed by atoms with Crippen molar-refractivity contribution >= 4 is 17.8 Å². The summed E-state index contributed by atoms with van der Waals surface area (Å²) < 4.78 is 5.00. The van der Waals surface area contributed by atoms with Gasteiger partial charge < -0.3 is 9.84 Å². The van der Waals surface area contributed by atoms with E-state index in [2.05, 4.69) is 10.9 Å². The molecular formula is C15H14N2O3. The number of methoxy groups -OCH3 is 1. The Hall–Kier alpha value is -2.74. The van der Waals surface area contributed by atoms with E-state index in [0.29, 0.717) is 17.1 Å². The Bertz CT molecular complexity index is 654. The maximum Gasteiger partial charge on any atom is 0.278 e. The molecule has 1 aliphatic heterocycles. The van der Waals surface area contributed by atoms with E-state index in [1.807, 2.05) is 0 Å². The summed E-state index contributed by atoms with van der Waals surface area (Å²) in [6, 6.07) is 4.83. The average molecular weight is 270 g/mol. The summed E-state index contributed by atoms with van der Waals surface area (Å²) in [7, 11) is 1.51. The number of amides is 1. The van der Waals surface area contributed by atoms with Crippen LogP contribution in [0.2, 0.25) is 0 Å². The van der Waals surface area contributed by atoms with E-state index < -0.39 is 0 Å². The van der Waals surface area contributed by atoms with Gasteiger partial charge in [-0.1, -0.05) is 5.92 Å². The first kappa shape index (κ1) is 13.7. The van der Waals surface area contributed by atoms with Gasteiger partial charge in [0, 0.05) is 11.6 Å². The van der Waals surface area contributed by atoms with Crippen LogP contribution in [0.4, 0.5) is 0 Å². The van der Waals surface area contributed by atoms with E-state index >= 15 is 0 Å². The molecule has 1 N–H and O–H groups in total. The van der Waals surface area contributed by atoms with Gasteiger partial charge in [0.1, 0.15) is 23.0 Å². The molecule has 0 fully saturated rings. The number of ether oxygens (including phenoxy) is 1. The molecule has 1 aliphatic rings. The number of phenolic OH excluding ortho intramolecular Hbond substituents is 1. The van der Waals surface area contributed by atoms with Gasteiger partial charge >= 0.3 is 0 Å². The molecule has 1 aromatic rings. The number of aromatic hydroxyl groups is 1. The van der Waals surface area contributed by atoms with Crippen LogP contribution in [0, 0.1) is 12.3 Å². The van der Waals surface area contributed by atoms with Crippen LogP contribution >= 0.6 is 0 Å². The maximum absolute atomic E-state index is 12.1. The number of aliphatic imine (C=N–C) groups is 1. The van der Waals surface area contributed by atoms with Gasteiger partial charge in [0.15, 0.2) is 0 Å². The zero-order valence-electron chi connectivity index (χ0n) is 11.3. The largest absolute Gasteiger partial charge is 0.507 e. The number of amidine groups is 1. The Morgan fingerprint density at radius 3 is 2.90 bits per heavy atom. The van der Waals surface area contributed by atoms with Crippen molar-refractivity contribution < 1.29 is 14.6 Å². The molecule has 0 aromatic heterocycles. The van der Waals surface area contributed by atoms with Gasteiger partial charge in [-0.05, 0) is 25.1 Å². The molecule has 1 amide bonds. The molecule has 0 bridgehead atoms. The van der Waals surface area contributed by atoms with E-state index in [0.717, 1.165) is 0 Å². The maximum atomic E-state index is 12.1. The number of benzene rings is 1. The minimum absolute atomic E-state index is 0.0212. The smallest absolute Gasteiger partial charge is 0.278 e. The van der Waals surface area contributed by atoms with Crippen LogP contribution in [0.25, 0.3) is 6.08 Å². The van der Waals surface area contributed by atoms with E-state index in [1.54, 1.807) is 19.1 Å². The van der Waals surface area contributed by atoms with Gasteiger partial charge in [0.05, 0.1) is 13.7 Å². The minimum Gasteiger partial charge on any atom is -0.507 e. The standard InChI is InChI=1S/C15H14N2O3/c1-4-7-17-10(2)16-13(15(17)19)8-11-5-6-12(20-3)9-14(11)18/h1,5-6,8-9,18H,7H2,2-3H3/b13-8-. The molecule has 0 saturated heterocycles. The van der Waals surface area contributed by atoms with Crippen molar-refractivity contribution in [3.63, 3.8) is 0 Å². The van der Waals surface area contributed by atoms with Gasteiger partial charge in [0.25, 0.3) is 5.91 Å². The number of rotatable bonds is 3. The summed E-state index contributed by atoms with van der Waals surface area (Å²) in [4.78, 5) is 17.7. The van der Waals surface area contributed by atoms with Crippen molar-refractivity contribution in [2.75, 3.05) is 13.7 Å². The molecule has 0 atom stereocenters. The molecule has 0 unspecified atom stereocenters. The van der Waals surface area contributed by atoms with Gasteiger partial charge in [-0.2, -0.15) is 0 Å². The number of carbonyl (C=O) groups excluding carboxylic acids is 1. The molecule has 20 heavy (non-hydrogen) atoms. The second-order valence-corrected chi connectivity index (χ2v) is 4.21. The van der Waals surface area contributed by atoms with Crippen molar-refractivity contribution in [3.8, 4) is 23.8 Å². The lowest BCUT2D eigenvalue weighted by molar-refractivity contribution is -0.122. The summed E-state index contributed by atoms with van der Waals surface area (Å²) in [6.45, 7) is 1.89. The first-order chi connectivity index (χ1) is 9.56. The molecular weight excluding hydrogens is 256 g/mol. The van der Waals surface area contributed by atoms with Gasteiger partial charge in [-0.25, -0.2) is 4.99 Å². The fourth-order valence-corrected chi connectivity index (χ4v) is 1.86. The molecule has 0 aliphatic carbocycles. The lowest BCUT2D eigenvalue weighted by Crippen LogP contribution is -2.30. The molecule has 5 nitrogen and oxygen atoms in total. The Labute approximate surface area is 117 Å². The number of phenols is 1. The van der Waals surface area contributed by atoms with Crippen LogP contribution in [0.3, 0.4) is 0 Å². The van der Waals surface area contributed by atoms with Crippen LogP contribution < -0.4 is 4.74 Å². The molecule has 0 spiro atoms. The third-order valence-electron chi connectivity index (χ3n) is 2.92. The molecule has 0 radical (unpaired) electrons. The zero-order chi connectivity index (χ0) is 14.7. The highest BCUT2D eigenvalue weighted by atomic mass is 16.5. The van der Waals surface area contributed by atoms with Crippen molar-refractivity contribution in [3.05, 3.63) is 29.5 Å². The quantitative estimate of drug-likeness (QED) is 0.671. The fourth-order valence-electron chi connectivity index (χ4n) is 1.86. The Morgan fingerprint density at radius 1 is 1.55 bits per heavy atom. The minimum atomic E-state index is -0.268. The number of hydrogen-bond donors (Lipinski definition) is 1. The molecule has 1 heterocycles. The van der Waals surface area contributed by atoms with Crippen LogP contribution in [-0.2, 0) is 4.79 Å². The molecule has 0 saturated carbocycles. The number of nitrogens with zero attached hydrogens (tertiary/aromatic N) is 2. The SMILES string of the molecule is C#CCN1C(=O)/C(=C/c2ccc(OC)cc2O)N=C1C. The Balaban J connectivity index is 2.33. The predicted molar refractivity (Wildman–Crippen MR) is 76.3 cm³/mol. The molecule has 102 valence electrons. The number of hydrogen-bond acceptors (Lipinski definition) is 4. The number of carbonyl (C=O) groups is 1. The summed E-state index contributed by atoms with van der Waals surface area (Å²) in [6.07, 6.45) is 6.74. The van der Waals surface area contributed by atoms with Crippen LogP contribution in [0.1, 0.15) is 12.5 Å². The van der Waals surface area contributed by atoms with E-state index in [1.165, 1.54) is 24.2 Å². The second-order valence-electron chi connectivity index (χ2n) is 4.21. The van der Waals surface area contributed by atoms with Crippen molar-refractivity contribution in [2.45, 2.75) is 6.92 Å². The molecule has 5 heteroatoms. The Kier molecular flexibility index (Phi) is 3.76. The summed E-state index contributed by atoms with van der Waals surface area (Å²) in [5, 5.41) is 9.87. The fraction of sp³-hybridized carbons (Fsp3) is 0.200. The first-order valence-electron chi connectivity index (χ1n) is 5.96. The summed E-state index contributed by atoms with van der Waals surface area (Å²) in [5.74, 6) is 3.25. The third-order valence-corrected chi connectivity index (χ3v) is 2.92. The van der Waals surface area contributed by atoms with Crippen LogP contribution in [-0.4, -0.2) is 35.4 Å². The first-order valence-corrected chi connectivity index (χ1v) is 5.96. The van der Waals surface area contributed by atoms with Crippen molar-refractivity contribution in [1.82, 2.24) is 4.90 Å². The average Bonchev–Trinajstić information content (AvgIpc) is 2.69. The third kappa shape index (κ3) is 2.50. The second kappa shape index (κ2) is 5.49. The van der Waals surface area contributed by atoms with E-state index in [4.69, 9.17) is 11.2 Å². The lowest BCUT2D eigenvalue weighted by atomic mass is 10.1. The van der Waals surface area contributed by atoms with Crippen LogP contribution in [0.5, 0.6) is 11.5 Å². The van der Waals surface area contributed by atoms with E-state index in [9.17, 15) is 9.90 Å². The topological polar surface area (TPSA) is 62.1 Å². The van der Waals surface area contributed by atoms with E-state index in [-0.39, 0.29) is 23.9 Å². The number of terminal acetylenes is 1. The van der Waals surface area contributed by atoms with Crippen LogP contribution in [0.15, 0.2) is 28.9 Å². The highest BCUT2D eigenvalue weighted by Gasteiger charge is 2.26. The predicted octanol–water partition coefficient (Wildman–Crippen LogP) is 1.64. The highest BCUT2D eigenvalue weighted by Crippen LogP contribution is 2.27. The van der Waals surface area contributed by atoms with Crippen molar-refractivity contribution in [1.29, 1.82) is 0 Å². The van der Waals surface area contributed by atoms with Gasteiger partial charge in [0.2, 0.25) is 0 Å². The summed E-state index contributed by atoms with van der Waals surface area (Å²) >= 11 is 0.